The number of amides is 1. The number of para-hydroxylation sites is 2. The molecule has 4 aromatic rings. The number of hydrogen-bond acceptors (Lipinski definition) is 1. The predicted molar refractivity (Wildman–Crippen MR) is 124 cm³/mol. The van der Waals surface area contributed by atoms with E-state index in [-0.39, 0.29) is 11.8 Å². The van der Waals surface area contributed by atoms with E-state index in [1.165, 1.54) is 11.1 Å². The summed E-state index contributed by atoms with van der Waals surface area (Å²) in [6.07, 6.45) is 1.26. The lowest BCUT2D eigenvalue weighted by molar-refractivity contribution is -0.118. The van der Waals surface area contributed by atoms with Gasteiger partial charge >= 0.3 is 0 Å². The van der Waals surface area contributed by atoms with E-state index in [1.807, 2.05) is 89.8 Å². The van der Waals surface area contributed by atoms with Crippen LogP contribution in [0.15, 0.2) is 121 Å². The van der Waals surface area contributed by atoms with Crippen LogP contribution in [0.1, 0.15) is 23.5 Å². The van der Waals surface area contributed by atoms with Gasteiger partial charge in [0.2, 0.25) is 5.91 Å². The summed E-state index contributed by atoms with van der Waals surface area (Å²) in [4.78, 5) is 15.5. The molecule has 2 heteroatoms. The lowest BCUT2D eigenvalue weighted by Gasteiger charge is -2.26. The molecule has 1 amide bonds. The largest absolute Gasteiger partial charge is 0.281 e. The summed E-state index contributed by atoms with van der Waals surface area (Å²) in [7, 11) is 0. The molecule has 0 spiro atoms. The van der Waals surface area contributed by atoms with Crippen molar-refractivity contribution in [2.24, 2.45) is 0 Å². The molecule has 0 fully saturated rings. The second-order valence-corrected chi connectivity index (χ2v) is 7.40. The highest BCUT2D eigenvalue weighted by atomic mass is 16.2. The third kappa shape index (κ3) is 4.84. The molecule has 2 nitrogen and oxygen atoms in total. The van der Waals surface area contributed by atoms with Gasteiger partial charge in [-0.2, -0.15) is 0 Å². The summed E-state index contributed by atoms with van der Waals surface area (Å²) in [5.74, 6) is 0.202. The van der Waals surface area contributed by atoms with Gasteiger partial charge in [0.15, 0.2) is 0 Å². The summed E-state index contributed by atoms with van der Waals surface area (Å²) < 4.78 is 0. The molecule has 4 aromatic carbocycles. The summed E-state index contributed by atoms with van der Waals surface area (Å²) in [5.41, 5.74) is 4.21. The molecule has 0 saturated heterocycles. The normalized spacial score (nSPS) is 11.6. The zero-order chi connectivity index (χ0) is 20.6. The van der Waals surface area contributed by atoms with Crippen molar-refractivity contribution in [3.63, 3.8) is 0 Å². The average Bonchev–Trinajstić information content (AvgIpc) is 2.81. The topological polar surface area (TPSA) is 20.3 Å². The Bertz CT molecular complexity index is 1010. The molecule has 1 atom stereocenters. The van der Waals surface area contributed by atoms with E-state index in [2.05, 4.69) is 36.4 Å². The number of carbonyl (C=O) groups is 1. The number of rotatable bonds is 7. The molecular formula is C28H25NO. The molecule has 148 valence electrons. The molecule has 0 radical (unpaired) electrons. The van der Waals surface area contributed by atoms with Gasteiger partial charge in [0.05, 0.1) is 0 Å². The smallest absolute Gasteiger partial charge is 0.232 e. The van der Waals surface area contributed by atoms with Crippen LogP contribution in [-0.2, 0) is 11.2 Å². The fourth-order valence-electron chi connectivity index (χ4n) is 3.82. The molecule has 0 heterocycles. The summed E-state index contributed by atoms with van der Waals surface area (Å²) in [6.45, 7) is 0. The van der Waals surface area contributed by atoms with Gasteiger partial charge in [-0.05, 0) is 47.7 Å². The van der Waals surface area contributed by atoms with E-state index in [0.29, 0.717) is 6.42 Å². The fraction of sp³-hybridized carbons (Fsp3) is 0.107. The Hall–Kier alpha value is -3.65. The SMILES string of the molecule is O=C(CC(Cc1ccccc1)c1ccccc1)N(c1ccccc1)c1ccccc1. The van der Waals surface area contributed by atoms with Gasteiger partial charge in [-0.25, -0.2) is 0 Å². The number of hydrogen-bond donors (Lipinski definition) is 0. The van der Waals surface area contributed by atoms with E-state index in [1.54, 1.807) is 0 Å². The van der Waals surface area contributed by atoms with Crippen LogP contribution in [0.4, 0.5) is 11.4 Å². The van der Waals surface area contributed by atoms with Crippen molar-refractivity contribution in [1.82, 2.24) is 0 Å². The maximum atomic E-state index is 13.6. The van der Waals surface area contributed by atoms with Crippen LogP contribution in [-0.4, -0.2) is 5.91 Å². The lowest BCUT2D eigenvalue weighted by atomic mass is 9.88. The average molecular weight is 392 g/mol. The van der Waals surface area contributed by atoms with E-state index in [4.69, 9.17) is 0 Å². The minimum Gasteiger partial charge on any atom is -0.281 e. The number of nitrogens with zero attached hydrogens (tertiary/aromatic N) is 1. The highest BCUT2D eigenvalue weighted by molar-refractivity contribution is 6.00. The van der Waals surface area contributed by atoms with E-state index in [0.717, 1.165) is 17.8 Å². The number of carbonyl (C=O) groups excluding carboxylic acids is 1. The van der Waals surface area contributed by atoms with Crippen LogP contribution in [0, 0.1) is 0 Å². The monoisotopic (exact) mass is 391 g/mol. The molecule has 0 aliphatic heterocycles. The van der Waals surface area contributed by atoms with Gasteiger partial charge in [-0.1, -0.05) is 97.1 Å². The molecule has 0 saturated carbocycles. The second kappa shape index (κ2) is 9.71. The molecule has 0 bridgehead atoms. The Morgan fingerprint density at radius 1 is 0.600 bits per heavy atom. The Morgan fingerprint density at radius 2 is 1.03 bits per heavy atom. The lowest BCUT2D eigenvalue weighted by Crippen LogP contribution is -2.28. The minimum atomic E-state index is 0.0946. The summed E-state index contributed by atoms with van der Waals surface area (Å²) >= 11 is 0. The fourth-order valence-corrected chi connectivity index (χ4v) is 3.82. The zero-order valence-electron chi connectivity index (χ0n) is 16.9. The van der Waals surface area contributed by atoms with Crippen LogP contribution in [0.3, 0.4) is 0 Å². The molecule has 1 unspecified atom stereocenters. The summed E-state index contributed by atoms with van der Waals surface area (Å²) in [5, 5.41) is 0. The highest BCUT2D eigenvalue weighted by Gasteiger charge is 2.23. The van der Waals surface area contributed by atoms with Gasteiger partial charge in [-0.15, -0.1) is 0 Å². The maximum Gasteiger partial charge on any atom is 0.232 e. The standard InChI is InChI=1S/C28H25NO/c30-28(29(26-17-9-3-10-18-26)27-19-11-4-12-20-27)22-25(24-15-7-2-8-16-24)21-23-13-5-1-6-14-23/h1-20,25H,21-22H2. The Morgan fingerprint density at radius 3 is 1.53 bits per heavy atom. The van der Waals surface area contributed by atoms with Gasteiger partial charge in [0.25, 0.3) is 0 Å². The van der Waals surface area contributed by atoms with Gasteiger partial charge in [0.1, 0.15) is 0 Å². The van der Waals surface area contributed by atoms with E-state index in [9.17, 15) is 4.79 Å². The van der Waals surface area contributed by atoms with Crippen molar-refractivity contribution in [3.8, 4) is 0 Å². The van der Waals surface area contributed by atoms with Crippen LogP contribution in [0.25, 0.3) is 0 Å². The summed E-state index contributed by atoms with van der Waals surface area (Å²) in [6, 6.07) is 40.5. The molecule has 0 N–H and O–H groups in total. The van der Waals surface area contributed by atoms with Crippen molar-refractivity contribution in [2.75, 3.05) is 4.90 Å². The first-order valence-electron chi connectivity index (χ1n) is 10.3. The first-order chi connectivity index (χ1) is 14.8. The van der Waals surface area contributed by atoms with Crippen LogP contribution in [0.2, 0.25) is 0 Å². The van der Waals surface area contributed by atoms with E-state index >= 15 is 0 Å². The van der Waals surface area contributed by atoms with E-state index < -0.39 is 0 Å². The molecule has 30 heavy (non-hydrogen) atoms. The minimum absolute atomic E-state index is 0.0946. The zero-order valence-corrected chi connectivity index (χ0v) is 16.9. The molecule has 0 aromatic heterocycles. The quantitative estimate of drug-likeness (QED) is 0.340. The number of benzene rings is 4. The first kappa shape index (κ1) is 19.7. The second-order valence-electron chi connectivity index (χ2n) is 7.40. The van der Waals surface area contributed by atoms with Gasteiger partial charge in [-0.3, -0.25) is 9.69 Å². The van der Waals surface area contributed by atoms with Gasteiger partial charge < -0.3 is 0 Å². The molecular weight excluding hydrogens is 366 g/mol. The molecule has 4 rings (SSSR count). The number of anilines is 2. The Kier molecular flexibility index (Phi) is 6.36. The molecule has 0 aliphatic rings. The molecule has 0 aliphatic carbocycles. The van der Waals surface area contributed by atoms with Crippen LogP contribution < -0.4 is 4.90 Å². The predicted octanol–water partition coefficient (Wildman–Crippen LogP) is 6.77. The van der Waals surface area contributed by atoms with Crippen molar-refractivity contribution in [2.45, 2.75) is 18.8 Å². The van der Waals surface area contributed by atoms with Crippen LogP contribution >= 0.6 is 0 Å². The van der Waals surface area contributed by atoms with Crippen molar-refractivity contribution < 1.29 is 4.79 Å². The van der Waals surface area contributed by atoms with Crippen LogP contribution in [0.5, 0.6) is 0 Å². The maximum absolute atomic E-state index is 13.6. The van der Waals surface area contributed by atoms with Crippen molar-refractivity contribution >= 4 is 17.3 Å². The van der Waals surface area contributed by atoms with Gasteiger partial charge in [0, 0.05) is 17.8 Å². The Labute approximate surface area is 178 Å². The van der Waals surface area contributed by atoms with Crippen molar-refractivity contribution in [1.29, 1.82) is 0 Å². The Balaban J connectivity index is 1.65. The third-order valence-electron chi connectivity index (χ3n) is 5.30. The first-order valence-corrected chi connectivity index (χ1v) is 10.3. The third-order valence-corrected chi connectivity index (χ3v) is 5.30. The van der Waals surface area contributed by atoms with Crippen molar-refractivity contribution in [3.05, 3.63) is 132 Å². The highest BCUT2D eigenvalue weighted by Crippen LogP contribution is 2.30.